The van der Waals surface area contributed by atoms with Gasteiger partial charge in [-0.15, -0.1) is 11.5 Å². The summed E-state index contributed by atoms with van der Waals surface area (Å²) < 4.78 is 23.4. The zero-order chi connectivity index (χ0) is 22.1. The average molecular weight is 426 g/mol. The van der Waals surface area contributed by atoms with Crippen molar-refractivity contribution < 1.29 is 13.9 Å². The molecule has 1 amide bonds. The third kappa shape index (κ3) is 3.84. The third-order valence-electron chi connectivity index (χ3n) is 5.18. The number of carbonyl (C=O) groups excluding carboxylic acids is 1. The number of terminal acetylenes is 1. The van der Waals surface area contributed by atoms with Crippen molar-refractivity contribution in [3.8, 4) is 18.2 Å². The first-order valence-electron chi connectivity index (χ1n) is 9.81. The number of alkyl halides is 1. The number of ether oxygens (including phenoxy) is 1. The zero-order valence-electron chi connectivity index (χ0n) is 17.5. The predicted molar refractivity (Wildman–Crippen MR) is 113 cm³/mol. The number of halogens is 1. The first-order chi connectivity index (χ1) is 14.9. The number of hydrogen-bond acceptors (Lipinski definition) is 7. The van der Waals surface area contributed by atoms with Gasteiger partial charge < -0.3 is 20.3 Å². The lowest BCUT2D eigenvalue weighted by molar-refractivity contribution is -0.116. The largest absolute Gasteiger partial charge is 0.478 e. The molecule has 0 aliphatic carbocycles. The molecule has 0 radical (unpaired) electrons. The molecule has 2 atom stereocenters. The highest BCUT2D eigenvalue weighted by Crippen LogP contribution is 2.30. The molecular formula is C20H23FN8O2. The van der Waals surface area contributed by atoms with Crippen molar-refractivity contribution in [2.24, 2.45) is 7.05 Å². The van der Waals surface area contributed by atoms with E-state index in [9.17, 15) is 9.18 Å². The Morgan fingerprint density at radius 2 is 2.23 bits per heavy atom. The maximum Gasteiger partial charge on any atom is 0.296 e. The lowest BCUT2D eigenvalue weighted by Crippen LogP contribution is -2.40. The van der Waals surface area contributed by atoms with Crippen LogP contribution in [-0.2, 0) is 18.3 Å². The number of anilines is 3. The van der Waals surface area contributed by atoms with Crippen LogP contribution < -0.4 is 20.3 Å². The fourth-order valence-electron chi connectivity index (χ4n) is 3.65. The Balaban J connectivity index is 1.71. The van der Waals surface area contributed by atoms with Crippen LogP contribution in [-0.4, -0.2) is 62.5 Å². The molecule has 2 N–H and O–H groups in total. The molecule has 31 heavy (non-hydrogen) atoms. The fraction of sp³-hybridized carbons (Fsp3) is 0.400. The molecular weight excluding hydrogens is 403 g/mol. The lowest BCUT2D eigenvalue weighted by Gasteiger charge is -2.19. The predicted octanol–water partition coefficient (Wildman–Crippen LogP) is 1.05. The van der Waals surface area contributed by atoms with Gasteiger partial charge in [0, 0.05) is 25.5 Å². The maximum absolute atomic E-state index is 14.6. The smallest absolute Gasteiger partial charge is 0.296 e. The molecule has 0 saturated carbocycles. The van der Waals surface area contributed by atoms with Gasteiger partial charge in [0.15, 0.2) is 11.5 Å². The van der Waals surface area contributed by atoms with E-state index in [0.717, 1.165) is 12.1 Å². The van der Waals surface area contributed by atoms with Gasteiger partial charge in [-0.1, -0.05) is 6.92 Å². The summed E-state index contributed by atoms with van der Waals surface area (Å²) in [4.78, 5) is 22.5. The van der Waals surface area contributed by atoms with Gasteiger partial charge in [0.1, 0.15) is 17.7 Å². The number of imidazole rings is 1. The first-order valence-corrected chi connectivity index (χ1v) is 9.81. The topological polar surface area (TPSA) is 102 Å². The Hall–Kier alpha value is -3.81. The van der Waals surface area contributed by atoms with Crippen molar-refractivity contribution in [1.29, 1.82) is 0 Å². The van der Waals surface area contributed by atoms with Gasteiger partial charge in [0.2, 0.25) is 0 Å². The molecule has 10 nitrogen and oxygen atoms in total. The zero-order valence-corrected chi connectivity index (χ0v) is 17.5. The Bertz CT molecular complexity index is 1160. The number of nitrogens with one attached hydrogen (secondary N) is 2. The van der Waals surface area contributed by atoms with Gasteiger partial charge in [0.05, 0.1) is 32.1 Å². The van der Waals surface area contributed by atoms with Gasteiger partial charge in [-0.2, -0.15) is 0 Å². The summed E-state index contributed by atoms with van der Waals surface area (Å²) in [5.74, 6) is 2.77. The second kappa shape index (κ2) is 8.14. The van der Waals surface area contributed by atoms with E-state index in [4.69, 9.17) is 16.1 Å². The Morgan fingerprint density at radius 1 is 1.42 bits per heavy atom. The van der Waals surface area contributed by atoms with Crippen molar-refractivity contribution in [2.75, 3.05) is 30.4 Å². The molecule has 1 fully saturated rings. The molecule has 11 heteroatoms. The van der Waals surface area contributed by atoms with Crippen molar-refractivity contribution in [2.45, 2.75) is 25.6 Å². The molecule has 1 aliphatic heterocycles. The van der Waals surface area contributed by atoms with Gasteiger partial charge in [0.25, 0.3) is 11.8 Å². The summed E-state index contributed by atoms with van der Waals surface area (Å²) in [5.41, 5.74) is 2.23. The Labute approximate surface area is 178 Å². The minimum absolute atomic E-state index is 0.0832. The molecule has 0 aromatic carbocycles. The van der Waals surface area contributed by atoms with Crippen LogP contribution in [0, 0.1) is 12.3 Å². The standard InChI is InChI=1S/C20H23FN8O2/c1-5-12-7-22-19-18(24-15-9-27(3)26-20(15)31-4)25-16(11-29(12)19)28-8-13(21)14(10-28)23-17(30)6-2/h2,7,9,11,13-14H,5,8,10H2,1,3-4H3,(H,23,30)(H,24,25). The Morgan fingerprint density at radius 3 is 2.94 bits per heavy atom. The monoisotopic (exact) mass is 426 g/mol. The van der Waals surface area contributed by atoms with Gasteiger partial charge in [-0.3, -0.25) is 13.9 Å². The van der Waals surface area contributed by atoms with Crippen LogP contribution in [0.4, 0.5) is 21.7 Å². The van der Waals surface area contributed by atoms with Crippen molar-refractivity contribution in [3.63, 3.8) is 0 Å². The van der Waals surface area contributed by atoms with E-state index < -0.39 is 18.1 Å². The summed E-state index contributed by atoms with van der Waals surface area (Å²) in [6.07, 6.45) is 9.96. The van der Waals surface area contributed by atoms with Crippen LogP contribution in [0.1, 0.15) is 12.6 Å². The second-order valence-corrected chi connectivity index (χ2v) is 7.24. The summed E-state index contributed by atoms with van der Waals surface area (Å²) in [5, 5.41) is 10.00. The normalized spacial score (nSPS) is 18.2. The number of aromatic nitrogens is 5. The summed E-state index contributed by atoms with van der Waals surface area (Å²) in [7, 11) is 3.32. The highest BCUT2D eigenvalue weighted by molar-refractivity contribution is 5.93. The number of carbonyl (C=O) groups is 1. The van der Waals surface area contributed by atoms with Crippen molar-refractivity contribution in [1.82, 2.24) is 29.5 Å². The second-order valence-electron chi connectivity index (χ2n) is 7.24. The molecule has 162 valence electrons. The van der Waals surface area contributed by atoms with E-state index in [1.807, 2.05) is 23.4 Å². The summed E-state index contributed by atoms with van der Waals surface area (Å²) >= 11 is 0. The minimum atomic E-state index is -1.27. The summed E-state index contributed by atoms with van der Waals surface area (Å²) in [6.45, 7) is 2.36. The van der Waals surface area contributed by atoms with Crippen LogP contribution in [0.25, 0.3) is 5.65 Å². The SMILES string of the molecule is C#CC(=O)NC1CN(c2cn3c(CC)cnc3c(Nc3cn(C)nc3OC)n2)CC1F. The highest BCUT2D eigenvalue weighted by atomic mass is 19.1. The van der Waals surface area contributed by atoms with E-state index in [-0.39, 0.29) is 13.1 Å². The molecule has 2 unspecified atom stereocenters. The number of rotatable bonds is 6. The molecule has 0 spiro atoms. The number of hydrogen-bond donors (Lipinski definition) is 2. The minimum Gasteiger partial charge on any atom is -0.478 e. The van der Waals surface area contributed by atoms with Crippen LogP contribution in [0.3, 0.4) is 0 Å². The van der Waals surface area contributed by atoms with Crippen LogP contribution in [0.5, 0.6) is 5.88 Å². The van der Waals surface area contributed by atoms with E-state index in [1.165, 1.54) is 7.11 Å². The Kier molecular flexibility index (Phi) is 5.37. The molecule has 0 bridgehead atoms. The van der Waals surface area contributed by atoms with Gasteiger partial charge in [-0.25, -0.2) is 14.4 Å². The lowest BCUT2D eigenvalue weighted by atomic mass is 10.2. The molecule has 1 saturated heterocycles. The molecule has 1 aliphatic rings. The fourth-order valence-corrected chi connectivity index (χ4v) is 3.65. The molecule has 4 heterocycles. The van der Waals surface area contributed by atoms with E-state index in [0.29, 0.717) is 28.9 Å². The number of nitrogens with zero attached hydrogens (tertiary/aromatic N) is 6. The van der Waals surface area contributed by atoms with Crippen molar-refractivity contribution in [3.05, 3.63) is 24.3 Å². The number of fused-ring (bicyclic) bond motifs is 1. The highest BCUT2D eigenvalue weighted by Gasteiger charge is 2.35. The number of methoxy groups -OCH3 is 1. The quantitative estimate of drug-likeness (QED) is 0.568. The maximum atomic E-state index is 14.6. The van der Waals surface area contributed by atoms with Crippen LogP contribution >= 0.6 is 0 Å². The van der Waals surface area contributed by atoms with Crippen molar-refractivity contribution >= 4 is 28.9 Å². The average Bonchev–Trinajstić information content (AvgIpc) is 3.44. The van der Waals surface area contributed by atoms with Crippen LogP contribution in [0.2, 0.25) is 0 Å². The van der Waals surface area contributed by atoms with E-state index in [2.05, 4.69) is 20.7 Å². The van der Waals surface area contributed by atoms with E-state index >= 15 is 0 Å². The van der Waals surface area contributed by atoms with E-state index in [1.54, 1.807) is 29.0 Å². The molecule has 4 rings (SSSR count). The molecule has 3 aromatic heterocycles. The summed E-state index contributed by atoms with van der Waals surface area (Å²) in [6, 6.07) is -0.704. The third-order valence-corrected chi connectivity index (χ3v) is 5.18. The number of amides is 1. The van der Waals surface area contributed by atoms with Gasteiger partial charge >= 0.3 is 0 Å². The number of aryl methyl sites for hydroxylation is 2. The van der Waals surface area contributed by atoms with Crippen LogP contribution in [0.15, 0.2) is 18.6 Å². The first kappa shape index (κ1) is 20.5. The molecule has 3 aromatic rings. The van der Waals surface area contributed by atoms with Gasteiger partial charge in [-0.05, 0) is 12.3 Å².